The zero-order valence-corrected chi connectivity index (χ0v) is 33.3. The first-order chi connectivity index (χ1) is 28.1. The summed E-state index contributed by atoms with van der Waals surface area (Å²) in [5.41, 5.74) is 5.07. The minimum Gasteiger partial charge on any atom is -0.372 e. The molecule has 6 aliphatic rings. The van der Waals surface area contributed by atoms with Crippen molar-refractivity contribution in [2.45, 2.75) is 44.6 Å². The van der Waals surface area contributed by atoms with Crippen LogP contribution in [0.4, 0.5) is 22.7 Å². The molecule has 0 saturated carbocycles. The number of carbonyl (C=O) groups excluding carboxylic acids is 5. The van der Waals surface area contributed by atoms with Gasteiger partial charge in [0.25, 0.3) is 17.7 Å². The Kier molecular flexibility index (Phi) is 10.1. The lowest BCUT2D eigenvalue weighted by molar-refractivity contribution is -0.136. The highest BCUT2D eigenvalue weighted by Gasteiger charge is 2.45. The van der Waals surface area contributed by atoms with Crippen molar-refractivity contribution < 1.29 is 24.0 Å². The number of imide groups is 2. The third-order valence-electron chi connectivity index (χ3n) is 13.4. The van der Waals surface area contributed by atoms with Crippen molar-refractivity contribution in [1.82, 2.24) is 20.0 Å². The predicted octanol–water partition coefficient (Wildman–Crippen LogP) is 5.07. The number of nitrogens with one attached hydrogen (secondary N) is 1. The number of nitrogens with zero attached hydrogens (tertiary/aromatic N) is 7. The van der Waals surface area contributed by atoms with Gasteiger partial charge >= 0.3 is 0 Å². The molecular weight excluding hydrogens is 756 g/mol. The third-order valence-corrected chi connectivity index (χ3v) is 13.7. The van der Waals surface area contributed by atoms with E-state index in [0.29, 0.717) is 27.8 Å². The van der Waals surface area contributed by atoms with E-state index in [1.54, 1.807) is 18.2 Å². The lowest BCUT2D eigenvalue weighted by Crippen LogP contribution is -2.54. The molecule has 1 unspecified atom stereocenters. The standard InChI is InChI=1S/C44H47ClN8O5/c1-46-37-9-7-33(25-36(37)45)49-17-13-44(14-18-49)15-19-52(28-44)41(56)30-2-4-31(5-3-30)50-22-20-48(21-23-50)26-29-12-16-51(27-29)32-6-8-34-35(24-32)43(58)53(42(34)57)38-10-11-39(54)47-40(38)55/h2-9,24-25,29,38H,10-23,26-28H2,(H,47,54,55)/t29-,38?/m1/s1. The maximum Gasteiger partial charge on any atom is 0.262 e. The minimum atomic E-state index is -0.970. The van der Waals surface area contributed by atoms with Crippen LogP contribution in [0.5, 0.6) is 0 Å². The van der Waals surface area contributed by atoms with Gasteiger partial charge in [0.1, 0.15) is 6.04 Å². The molecule has 0 bridgehead atoms. The zero-order chi connectivity index (χ0) is 40.1. The SMILES string of the molecule is [C-]#[N+]c1ccc(N2CCC3(CCN(C(=O)c4ccc(N5CCN(C[C@H]6CCN(c7ccc8c(c7)C(=O)N(C7CCC(=O)NC7=O)C8=O)C6)CC5)cc4)C3)CC2)cc1Cl. The Labute approximate surface area is 343 Å². The van der Waals surface area contributed by atoms with Crippen molar-refractivity contribution in [2.24, 2.45) is 11.3 Å². The van der Waals surface area contributed by atoms with Crippen LogP contribution in [0.3, 0.4) is 0 Å². The molecule has 14 heteroatoms. The molecule has 300 valence electrons. The number of amides is 5. The van der Waals surface area contributed by atoms with E-state index in [-0.39, 0.29) is 30.1 Å². The Hall–Kier alpha value is -5.45. The number of piperidine rings is 2. The van der Waals surface area contributed by atoms with E-state index in [4.69, 9.17) is 18.2 Å². The fourth-order valence-electron chi connectivity index (χ4n) is 9.96. The van der Waals surface area contributed by atoms with Gasteiger partial charge in [0, 0.05) is 106 Å². The van der Waals surface area contributed by atoms with E-state index in [1.807, 2.05) is 35.2 Å². The van der Waals surface area contributed by atoms with Gasteiger partial charge in [0.05, 0.1) is 17.7 Å². The second kappa shape index (κ2) is 15.4. The number of carbonyl (C=O) groups is 5. The molecule has 9 rings (SSSR count). The summed E-state index contributed by atoms with van der Waals surface area (Å²) < 4.78 is 0. The Balaban J connectivity index is 0.731. The second-order valence-corrected chi connectivity index (χ2v) is 17.2. The average Bonchev–Trinajstić information content (AvgIpc) is 3.95. The van der Waals surface area contributed by atoms with E-state index in [9.17, 15) is 24.0 Å². The first-order valence-electron chi connectivity index (χ1n) is 20.5. The number of anilines is 3. The molecule has 5 fully saturated rings. The number of rotatable bonds is 7. The quantitative estimate of drug-likeness (QED) is 0.258. The van der Waals surface area contributed by atoms with Gasteiger partial charge in [-0.2, -0.15) is 0 Å². The molecule has 5 amide bonds. The topological polar surface area (TPSA) is 121 Å². The van der Waals surface area contributed by atoms with Gasteiger partial charge in [0.15, 0.2) is 0 Å². The van der Waals surface area contributed by atoms with E-state index in [0.717, 1.165) is 125 Å². The van der Waals surface area contributed by atoms with E-state index < -0.39 is 23.8 Å². The lowest BCUT2D eigenvalue weighted by Gasteiger charge is -2.40. The number of hydrogen-bond donors (Lipinski definition) is 1. The van der Waals surface area contributed by atoms with Gasteiger partial charge in [-0.25, -0.2) is 4.85 Å². The van der Waals surface area contributed by atoms with Gasteiger partial charge in [-0.15, -0.1) is 0 Å². The second-order valence-electron chi connectivity index (χ2n) is 16.8. The Morgan fingerprint density at radius 2 is 1.43 bits per heavy atom. The minimum absolute atomic E-state index is 0.0947. The van der Waals surface area contributed by atoms with Crippen LogP contribution in [0.25, 0.3) is 4.85 Å². The number of hydrogen-bond acceptors (Lipinski definition) is 9. The molecule has 2 atom stereocenters. The smallest absolute Gasteiger partial charge is 0.262 e. The molecule has 6 aliphatic heterocycles. The lowest BCUT2D eigenvalue weighted by atomic mass is 9.77. The number of likely N-dealkylation sites (tertiary alicyclic amines) is 1. The van der Waals surface area contributed by atoms with Crippen LogP contribution < -0.4 is 20.0 Å². The van der Waals surface area contributed by atoms with Crippen molar-refractivity contribution in [1.29, 1.82) is 0 Å². The fourth-order valence-corrected chi connectivity index (χ4v) is 10.2. The maximum atomic E-state index is 13.6. The van der Waals surface area contributed by atoms with Gasteiger partial charge in [-0.3, -0.25) is 39.1 Å². The average molecular weight is 803 g/mol. The highest BCUT2D eigenvalue weighted by molar-refractivity contribution is 6.33. The highest BCUT2D eigenvalue weighted by Crippen LogP contribution is 2.43. The summed E-state index contributed by atoms with van der Waals surface area (Å²) in [5.74, 6) is -1.37. The first kappa shape index (κ1) is 38.1. The van der Waals surface area contributed by atoms with Crippen LogP contribution in [-0.4, -0.2) is 122 Å². The fraction of sp³-hybridized carbons (Fsp3) is 0.455. The Morgan fingerprint density at radius 3 is 2.16 bits per heavy atom. The van der Waals surface area contributed by atoms with Crippen molar-refractivity contribution in [2.75, 3.05) is 86.7 Å². The van der Waals surface area contributed by atoms with Crippen molar-refractivity contribution in [3.05, 3.63) is 93.8 Å². The summed E-state index contributed by atoms with van der Waals surface area (Å²) in [4.78, 5) is 80.3. The number of halogens is 1. The first-order valence-corrected chi connectivity index (χ1v) is 20.8. The molecule has 58 heavy (non-hydrogen) atoms. The molecule has 6 heterocycles. The summed E-state index contributed by atoms with van der Waals surface area (Å²) in [6.45, 7) is 17.1. The summed E-state index contributed by atoms with van der Waals surface area (Å²) in [7, 11) is 0. The predicted molar refractivity (Wildman–Crippen MR) is 221 cm³/mol. The molecule has 0 radical (unpaired) electrons. The summed E-state index contributed by atoms with van der Waals surface area (Å²) in [6.07, 6.45) is 4.34. The molecule has 3 aromatic carbocycles. The van der Waals surface area contributed by atoms with Crippen LogP contribution in [0.1, 0.15) is 69.6 Å². The molecule has 1 spiro atoms. The van der Waals surface area contributed by atoms with Crippen molar-refractivity contribution in [3.8, 4) is 0 Å². The summed E-state index contributed by atoms with van der Waals surface area (Å²) in [6, 6.07) is 18.2. The van der Waals surface area contributed by atoms with Crippen LogP contribution in [0, 0.1) is 17.9 Å². The van der Waals surface area contributed by atoms with Crippen LogP contribution in [0.15, 0.2) is 60.7 Å². The van der Waals surface area contributed by atoms with Crippen LogP contribution >= 0.6 is 11.6 Å². The zero-order valence-electron chi connectivity index (χ0n) is 32.5. The monoisotopic (exact) mass is 802 g/mol. The summed E-state index contributed by atoms with van der Waals surface area (Å²) in [5, 5.41) is 2.74. The maximum absolute atomic E-state index is 13.6. The van der Waals surface area contributed by atoms with Crippen LogP contribution in [0.2, 0.25) is 5.02 Å². The molecule has 1 N–H and O–H groups in total. The molecular formula is C44H47ClN8O5. The van der Waals surface area contributed by atoms with Gasteiger partial charge in [0.2, 0.25) is 17.5 Å². The normalized spacial score (nSPS) is 23.5. The molecule has 0 aromatic heterocycles. The number of fused-ring (bicyclic) bond motifs is 1. The largest absolute Gasteiger partial charge is 0.372 e. The van der Waals surface area contributed by atoms with Gasteiger partial charge in [-0.1, -0.05) is 17.7 Å². The number of benzene rings is 3. The summed E-state index contributed by atoms with van der Waals surface area (Å²) >= 11 is 6.31. The molecule has 5 saturated heterocycles. The highest BCUT2D eigenvalue weighted by atomic mass is 35.5. The number of piperazine rings is 1. The molecule has 13 nitrogen and oxygen atoms in total. The van der Waals surface area contributed by atoms with Crippen LogP contribution in [-0.2, 0) is 9.59 Å². The van der Waals surface area contributed by atoms with Gasteiger partial charge in [-0.05, 0) is 98.0 Å². The van der Waals surface area contributed by atoms with Gasteiger partial charge < -0.3 is 19.6 Å². The Bertz CT molecular complexity index is 2210. The molecule has 3 aromatic rings. The van der Waals surface area contributed by atoms with E-state index in [2.05, 4.69) is 41.9 Å². The molecule has 0 aliphatic carbocycles. The van der Waals surface area contributed by atoms with Crippen molar-refractivity contribution in [3.63, 3.8) is 0 Å². The Morgan fingerprint density at radius 1 is 0.759 bits per heavy atom. The third kappa shape index (κ3) is 7.17. The van der Waals surface area contributed by atoms with E-state index in [1.165, 1.54) is 0 Å². The van der Waals surface area contributed by atoms with Crippen molar-refractivity contribution >= 4 is 63.9 Å². The van der Waals surface area contributed by atoms with E-state index >= 15 is 0 Å².